The van der Waals surface area contributed by atoms with E-state index in [1.54, 1.807) is 6.33 Å². The molecule has 0 saturated carbocycles. The van der Waals surface area contributed by atoms with Crippen LogP contribution in [0.5, 0.6) is 0 Å². The molecule has 13 heavy (non-hydrogen) atoms. The monoisotopic (exact) mass is 176 g/mol. The van der Waals surface area contributed by atoms with Gasteiger partial charge in [0.25, 0.3) is 0 Å². The number of nitrogens with two attached hydrogens (primary N) is 1. The average Bonchev–Trinajstić information content (AvgIpc) is 2.46. The topological polar surface area (TPSA) is 47.1 Å². The molecule has 4 heteroatoms. The van der Waals surface area contributed by atoms with Crippen molar-refractivity contribution in [3.63, 3.8) is 0 Å². The summed E-state index contributed by atoms with van der Waals surface area (Å²) in [6.45, 7) is 0. The minimum atomic E-state index is 0.747. The molecule has 0 aliphatic rings. The zero-order valence-electron chi connectivity index (χ0n) is 7.73. The number of nitrogen functional groups attached to an aromatic ring is 1. The van der Waals surface area contributed by atoms with Gasteiger partial charge in [0, 0.05) is 19.8 Å². The largest absolute Gasteiger partial charge is 0.399 e. The zero-order chi connectivity index (χ0) is 9.42. The van der Waals surface area contributed by atoms with E-state index in [9.17, 15) is 0 Å². The third-order valence-corrected chi connectivity index (χ3v) is 1.98. The summed E-state index contributed by atoms with van der Waals surface area (Å²) in [6, 6.07) is 5.72. The Balaban J connectivity index is 2.69. The van der Waals surface area contributed by atoms with Crippen molar-refractivity contribution in [2.24, 2.45) is 0 Å². The normalized spacial score (nSPS) is 10.6. The molecule has 2 rings (SSSR count). The molecular weight excluding hydrogens is 164 g/mol. The number of hydrogen-bond donors (Lipinski definition) is 1. The van der Waals surface area contributed by atoms with E-state index in [1.165, 1.54) is 0 Å². The lowest BCUT2D eigenvalue weighted by atomic mass is 10.3. The third kappa shape index (κ3) is 1.20. The van der Waals surface area contributed by atoms with Gasteiger partial charge in [0.2, 0.25) is 0 Å². The van der Waals surface area contributed by atoms with Crippen LogP contribution in [0.3, 0.4) is 0 Å². The smallest absolute Gasteiger partial charge is 0.116 e. The molecule has 0 atom stereocenters. The molecule has 0 aliphatic carbocycles. The van der Waals surface area contributed by atoms with E-state index in [2.05, 4.69) is 4.98 Å². The summed E-state index contributed by atoms with van der Waals surface area (Å²) in [5, 5.41) is 1.96. The van der Waals surface area contributed by atoms with Crippen molar-refractivity contribution in [3.8, 4) is 0 Å². The second kappa shape index (κ2) is 2.65. The predicted octanol–water partition coefficient (Wildman–Crippen LogP) is 0.816. The molecule has 1 aromatic heterocycles. The lowest BCUT2D eigenvalue weighted by Crippen LogP contribution is -2.23. The maximum absolute atomic E-state index is 5.65. The van der Waals surface area contributed by atoms with E-state index >= 15 is 0 Å². The Morgan fingerprint density at radius 1 is 1.38 bits per heavy atom. The SMILES string of the molecule is CN(C)n1cnc2cc(N)ccc21. The van der Waals surface area contributed by atoms with Gasteiger partial charge in [-0.25, -0.2) is 9.66 Å². The molecule has 4 nitrogen and oxygen atoms in total. The van der Waals surface area contributed by atoms with Gasteiger partial charge in [-0.15, -0.1) is 0 Å². The van der Waals surface area contributed by atoms with Crippen LogP contribution in [-0.4, -0.2) is 23.8 Å². The number of rotatable bonds is 1. The minimum Gasteiger partial charge on any atom is -0.399 e. The molecule has 0 fully saturated rings. The summed E-state index contributed by atoms with van der Waals surface area (Å²) in [5.74, 6) is 0. The minimum absolute atomic E-state index is 0.747. The van der Waals surface area contributed by atoms with Crippen LogP contribution >= 0.6 is 0 Å². The van der Waals surface area contributed by atoms with E-state index in [0.717, 1.165) is 16.7 Å². The lowest BCUT2D eigenvalue weighted by molar-refractivity contribution is 0.753. The highest BCUT2D eigenvalue weighted by molar-refractivity contribution is 5.79. The Hall–Kier alpha value is -1.71. The first-order valence-corrected chi connectivity index (χ1v) is 4.08. The van der Waals surface area contributed by atoms with Gasteiger partial charge >= 0.3 is 0 Å². The van der Waals surface area contributed by atoms with Gasteiger partial charge in [-0.2, -0.15) is 0 Å². The Bertz CT molecular complexity index is 430. The quantitative estimate of drug-likeness (QED) is 0.654. The van der Waals surface area contributed by atoms with Crippen molar-refractivity contribution in [2.75, 3.05) is 24.8 Å². The van der Waals surface area contributed by atoms with Crippen LogP contribution < -0.4 is 10.7 Å². The maximum Gasteiger partial charge on any atom is 0.116 e. The number of imidazole rings is 1. The maximum atomic E-state index is 5.65. The number of nitrogens with zero attached hydrogens (tertiary/aromatic N) is 3. The van der Waals surface area contributed by atoms with Crippen molar-refractivity contribution in [2.45, 2.75) is 0 Å². The van der Waals surface area contributed by atoms with Gasteiger partial charge in [0.15, 0.2) is 0 Å². The second-order valence-electron chi connectivity index (χ2n) is 3.18. The zero-order valence-corrected chi connectivity index (χ0v) is 7.73. The first-order valence-electron chi connectivity index (χ1n) is 4.08. The molecule has 0 amide bonds. The first-order chi connectivity index (χ1) is 6.18. The molecular formula is C9H12N4. The highest BCUT2D eigenvalue weighted by atomic mass is 15.5. The fourth-order valence-electron chi connectivity index (χ4n) is 1.34. The number of fused-ring (bicyclic) bond motifs is 1. The Kier molecular flexibility index (Phi) is 1.62. The van der Waals surface area contributed by atoms with E-state index < -0.39 is 0 Å². The third-order valence-electron chi connectivity index (χ3n) is 1.98. The highest BCUT2D eigenvalue weighted by Crippen LogP contribution is 2.15. The number of hydrogen-bond acceptors (Lipinski definition) is 3. The Labute approximate surface area is 76.6 Å². The Morgan fingerprint density at radius 3 is 2.85 bits per heavy atom. The highest BCUT2D eigenvalue weighted by Gasteiger charge is 2.02. The standard InChI is InChI=1S/C9H12N4/c1-12(2)13-6-11-8-5-7(10)3-4-9(8)13/h3-6H,10H2,1-2H3. The van der Waals surface area contributed by atoms with E-state index in [0.29, 0.717) is 0 Å². The van der Waals surface area contributed by atoms with Crippen molar-refractivity contribution in [1.29, 1.82) is 0 Å². The van der Waals surface area contributed by atoms with Crippen LogP contribution in [0.25, 0.3) is 11.0 Å². The average molecular weight is 176 g/mol. The van der Waals surface area contributed by atoms with Crippen LogP contribution in [0.15, 0.2) is 24.5 Å². The van der Waals surface area contributed by atoms with E-state index in [-0.39, 0.29) is 0 Å². The summed E-state index contributed by atoms with van der Waals surface area (Å²) >= 11 is 0. The molecule has 2 aromatic rings. The summed E-state index contributed by atoms with van der Waals surface area (Å²) < 4.78 is 1.97. The van der Waals surface area contributed by atoms with E-state index in [4.69, 9.17) is 5.73 Å². The van der Waals surface area contributed by atoms with Gasteiger partial charge in [-0.1, -0.05) is 0 Å². The molecule has 1 heterocycles. The van der Waals surface area contributed by atoms with Crippen LogP contribution in [-0.2, 0) is 0 Å². The Morgan fingerprint density at radius 2 is 2.15 bits per heavy atom. The van der Waals surface area contributed by atoms with Crippen LogP contribution in [0.4, 0.5) is 5.69 Å². The van der Waals surface area contributed by atoms with Crippen LogP contribution in [0.1, 0.15) is 0 Å². The molecule has 0 radical (unpaired) electrons. The van der Waals surface area contributed by atoms with Gasteiger partial charge in [0.05, 0.1) is 11.0 Å². The van der Waals surface area contributed by atoms with Crippen molar-refractivity contribution in [3.05, 3.63) is 24.5 Å². The predicted molar refractivity (Wildman–Crippen MR) is 54.2 cm³/mol. The molecule has 68 valence electrons. The fraction of sp³-hybridized carbons (Fsp3) is 0.222. The number of anilines is 1. The molecule has 2 N–H and O–H groups in total. The summed E-state index contributed by atoms with van der Waals surface area (Å²) in [5.41, 5.74) is 8.39. The van der Waals surface area contributed by atoms with Crippen LogP contribution in [0.2, 0.25) is 0 Å². The lowest BCUT2D eigenvalue weighted by Gasteiger charge is -2.14. The molecule has 0 bridgehead atoms. The molecule has 1 aromatic carbocycles. The fourth-order valence-corrected chi connectivity index (χ4v) is 1.34. The van der Waals surface area contributed by atoms with Crippen molar-refractivity contribution >= 4 is 16.7 Å². The van der Waals surface area contributed by atoms with Gasteiger partial charge < -0.3 is 10.7 Å². The summed E-state index contributed by atoms with van der Waals surface area (Å²) in [6.07, 6.45) is 1.78. The molecule has 0 aliphatic heterocycles. The van der Waals surface area contributed by atoms with Crippen molar-refractivity contribution in [1.82, 2.24) is 9.66 Å². The van der Waals surface area contributed by atoms with E-state index in [1.807, 2.05) is 42.0 Å². The number of benzene rings is 1. The summed E-state index contributed by atoms with van der Waals surface area (Å²) in [4.78, 5) is 4.24. The van der Waals surface area contributed by atoms with Gasteiger partial charge in [0.1, 0.15) is 6.33 Å². The van der Waals surface area contributed by atoms with Crippen molar-refractivity contribution < 1.29 is 0 Å². The number of aromatic nitrogens is 2. The summed E-state index contributed by atoms with van der Waals surface area (Å²) in [7, 11) is 3.94. The van der Waals surface area contributed by atoms with Gasteiger partial charge in [-0.05, 0) is 18.2 Å². The van der Waals surface area contributed by atoms with Gasteiger partial charge in [-0.3, -0.25) is 0 Å². The molecule has 0 unspecified atom stereocenters. The first kappa shape index (κ1) is 7.91. The molecule has 0 saturated heterocycles. The molecule has 0 spiro atoms. The van der Waals surface area contributed by atoms with Crippen LogP contribution in [0, 0.1) is 0 Å². The second-order valence-corrected chi connectivity index (χ2v) is 3.18.